The molecule has 0 aromatic heterocycles. The van der Waals surface area contributed by atoms with Crippen molar-refractivity contribution in [1.29, 1.82) is 0 Å². The van der Waals surface area contributed by atoms with Gasteiger partial charge in [-0.1, -0.05) is 0 Å². The minimum absolute atomic E-state index is 0.0944. The van der Waals surface area contributed by atoms with Crippen molar-refractivity contribution in [1.82, 2.24) is 4.90 Å². The van der Waals surface area contributed by atoms with E-state index >= 15 is 0 Å². The van der Waals surface area contributed by atoms with Gasteiger partial charge in [0.1, 0.15) is 0 Å². The van der Waals surface area contributed by atoms with Crippen LogP contribution in [0, 0.1) is 0 Å². The first-order valence-electron chi connectivity index (χ1n) is 4.68. The van der Waals surface area contributed by atoms with Crippen molar-refractivity contribution < 1.29 is 4.79 Å². The summed E-state index contributed by atoms with van der Waals surface area (Å²) in [7, 11) is 0. The maximum atomic E-state index is 11.0. The van der Waals surface area contributed by atoms with Gasteiger partial charge < -0.3 is 0 Å². The molecule has 0 saturated carbocycles. The molecule has 0 aromatic carbocycles. The first kappa shape index (κ1) is 12.0. The molecule has 12 heavy (non-hydrogen) atoms. The van der Waals surface area contributed by atoms with Gasteiger partial charge in [-0.25, -0.2) is 0 Å². The Hall–Kier alpha value is -0.0105. The third-order valence-electron chi connectivity index (χ3n) is 1.82. The Bertz CT molecular complexity index is 120. The molecule has 72 valence electrons. The molecule has 0 radical (unpaired) electrons. The second-order valence-electron chi connectivity index (χ2n) is 2.96. The van der Waals surface area contributed by atoms with Crippen molar-refractivity contribution in [2.45, 2.75) is 39.5 Å². The van der Waals surface area contributed by atoms with Crippen molar-refractivity contribution in [2.24, 2.45) is 0 Å². The number of hydrogen-bond donors (Lipinski definition) is 0. The number of unbranched alkanes of at least 4 members (excludes halogenated alkanes) is 2. The van der Waals surface area contributed by atoms with E-state index in [4.69, 9.17) is 0 Å². The normalized spacial score (nSPS) is 9.83. The molecular formula is C9H18NOSe-. The van der Waals surface area contributed by atoms with Crippen molar-refractivity contribution in [3.63, 3.8) is 0 Å². The van der Waals surface area contributed by atoms with Gasteiger partial charge in [0.15, 0.2) is 0 Å². The van der Waals surface area contributed by atoms with E-state index < -0.39 is 0 Å². The zero-order valence-corrected chi connectivity index (χ0v) is 9.72. The number of carbonyl (C=O) groups excluding carboxylic acids is 1. The van der Waals surface area contributed by atoms with Crippen LogP contribution in [0.2, 0.25) is 0 Å². The maximum absolute atomic E-state index is 11.0. The second kappa shape index (κ2) is 7.63. The monoisotopic (exact) mass is 236 g/mol. The Morgan fingerprint density at radius 3 is 1.83 bits per heavy atom. The first-order valence-corrected chi connectivity index (χ1v) is 5.54. The van der Waals surface area contributed by atoms with Crippen LogP contribution in [0.25, 0.3) is 0 Å². The van der Waals surface area contributed by atoms with Crippen LogP contribution < -0.4 is 0 Å². The molecule has 0 unspecified atom stereocenters. The molecule has 0 aliphatic heterocycles. The Kier molecular flexibility index (Phi) is 7.62. The first-order chi connectivity index (χ1) is 5.72. The average Bonchev–Trinajstić information content (AvgIpc) is 2.04. The standard InChI is InChI=1S/C9H19NOSe/c1-3-5-7-10(9(11)12)8-6-4-2/h3-8H2,1-2H3,(H,11,12)/p-1. The predicted octanol–water partition coefficient (Wildman–Crippen LogP) is 2.18. The zero-order valence-electron chi connectivity index (χ0n) is 8.01. The van der Waals surface area contributed by atoms with Crippen LogP contribution in [-0.2, 0) is 0 Å². The van der Waals surface area contributed by atoms with Gasteiger partial charge in [0.05, 0.1) is 0 Å². The molecule has 2 nitrogen and oxygen atoms in total. The summed E-state index contributed by atoms with van der Waals surface area (Å²) in [6.07, 6.45) is 4.51. The van der Waals surface area contributed by atoms with Crippen LogP contribution in [0.3, 0.4) is 0 Å². The predicted molar refractivity (Wildman–Crippen MR) is 52.5 cm³/mol. The van der Waals surface area contributed by atoms with Crippen LogP contribution in [0.5, 0.6) is 0 Å². The molecule has 0 N–H and O–H groups in total. The summed E-state index contributed by atoms with van der Waals surface area (Å²) in [5.74, 6) is 0. The third kappa shape index (κ3) is 5.62. The molecule has 0 spiro atoms. The van der Waals surface area contributed by atoms with Gasteiger partial charge in [-0.3, -0.25) is 0 Å². The summed E-state index contributed by atoms with van der Waals surface area (Å²) >= 11 is 2.54. The van der Waals surface area contributed by atoms with Gasteiger partial charge in [0.2, 0.25) is 0 Å². The molecule has 0 fully saturated rings. The van der Waals surface area contributed by atoms with Gasteiger partial charge in [-0.05, 0) is 0 Å². The van der Waals surface area contributed by atoms with Gasteiger partial charge in [0.25, 0.3) is 0 Å². The quantitative estimate of drug-likeness (QED) is 0.646. The van der Waals surface area contributed by atoms with Crippen molar-refractivity contribution in [2.75, 3.05) is 13.1 Å². The second-order valence-corrected chi connectivity index (χ2v) is 3.69. The average molecular weight is 235 g/mol. The molecule has 0 rings (SSSR count). The summed E-state index contributed by atoms with van der Waals surface area (Å²) < 4.78 is 0. The van der Waals surface area contributed by atoms with Gasteiger partial charge in [0, 0.05) is 0 Å². The summed E-state index contributed by atoms with van der Waals surface area (Å²) in [6.45, 7) is 6.09. The van der Waals surface area contributed by atoms with Crippen molar-refractivity contribution in [3.8, 4) is 0 Å². The molecule has 0 aromatic rings. The van der Waals surface area contributed by atoms with E-state index in [0.29, 0.717) is 0 Å². The Labute approximate surface area is 83.5 Å². The van der Waals surface area contributed by atoms with E-state index in [2.05, 4.69) is 29.9 Å². The summed E-state index contributed by atoms with van der Waals surface area (Å²) in [5.41, 5.74) is 0. The van der Waals surface area contributed by atoms with E-state index in [1.165, 1.54) is 0 Å². The molecule has 0 bridgehead atoms. The van der Waals surface area contributed by atoms with Gasteiger partial charge in [-0.2, -0.15) is 0 Å². The number of hydrogen-bond acceptors (Lipinski definition) is 1. The van der Waals surface area contributed by atoms with Crippen LogP contribution >= 0.6 is 0 Å². The van der Waals surface area contributed by atoms with Crippen LogP contribution in [-0.4, -0.2) is 38.8 Å². The Balaban J connectivity index is 3.62. The Morgan fingerprint density at radius 1 is 1.17 bits per heavy atom. The summed E-state index contributed by atoms with van der Waals surface area (Å²) in [4.78, 5) is 13.0. The molecule has 3 heteroatoms. The number of carbonyl (C=O) groups is 1. The molecular weight excluding hydrogens is 217 g/mol. The SMILES string of the molecule is CCCCN(CCCC)C(=O)[Se-]. The fourth-order valence-corrected chi connectivity index (χ4v) is 1.38. The summed E-state index contributed by atoms with van der Waals surface area (Å²) in [6, 6.07) is 0. The molecule has 1 amide bonds. The molecule has 0 heterocycles. The number of nitrogens with zero attached hydrogens (tertiary/aromatic N) is 1. The zero-order chi connectivity index (χ0) is 9.40. The molecule has 0 saturated heterocycles. The minimum atomic E-state index is 0.0944. The van der Waals surface area contributed by atoms with E-state index in [9.17, 15) is 4.79 Å². The van der Waals surface area contributed by atoms with Gasteiger partial charge in [-0.15, -0.1) is 0 Å². The van der Waals surface area contributed by atoms with Crippen LogP contribution in [0.1, 0.15) is 39.5 Å². The van der Waals surface area contributed by atoms with E-state index in [1.807, 2.05) is 4.90 Å². The summed E-state index contributed by atoms with van der Waals surface area (Å²) in [5, 5.41) is 0. The Morgan fingerprint density at radius 2 is 1.58 bits per heavy atom. The van der Waals surface area contributed by atoms with Crippen molar-refractivity contribution in [3.05, 3.63) is 0 Å². The van der Waals surface area contributed by atoms with Crippen LogP contribution in [0.15, 0.2) is 0 Å². The van der Waals surface area contributed by atoms with E-state index in [-0.39, 0.29) is 4.81 Å². The van der Waals surface area contributed by atoms with Crippen molar-refractivity contribution >= 4 is 20.8 Å². The number of rotatable bonds is 6. The molecule has 0 aliphatic rings. The third-order valence-corrected chi connectivity index (χ3v) is 2.36. The number of amides is 1. The van der Waals surface area contributed by atoms with E-state index in [0.717, 1.165) is 38.8 Å². The van der Waals surface area contributed by atoms with Crippen LogP contribution in [0.4, 0.5) is 4.79 Å². The fourth-order valence-electron chi connectivity index (χ4n) is 0.992. The molecule has 0 aliphatic carbocycles. The van der Waals surface area contributed by atoms with E-state index in [1.54, 1.807) is 0 Å². The topological polar surface area (TPSA) is 20.3 Å². The molecule has 0 atom stereocenters. The fraction of sp³-hybridized carbons (Fsp3) is 0.889. The van der Waals surface area contributed by atoms with Gasteiger partial charge >= 0.3 is 83.1 Å².